The van der Waals surface area contributed by atoms with E-state index in [2.05, 4.69) is 15.3 Å². The molecule has 0 aliphatic heterocycles. The molecule has 1 aliphatic carbocycles. The van der Waals surface area contributed by atoms with Crippen LogP contribution in [0.5, 0.6) is 0 Å². The lowest BCUT2D eigenvalue weighted by Crippen LogP contribution is -2.59. The highest BCUT2D eigenvalue weighted by atomic mass is 16.5. The predicted octanol–water partition coefficient (Wildman–Crippen LogP) is 1.07. The molecule has 0 saturated heterocycles. The quantitative estimate of drug-likeness (QED) is 0.819. The van der Waals surface area contributed by atoms with Gasteiger partial charge in [-0.3, -0.25) is 9.97 Å². The zero-order valence-electron chi connectivity index (χ0n) is 11.2. The van der Waals surface area contributed by atoms with Crippen LogP contribution in [0.3, 0.4) is 0 Å². The fraction of sp³-hybridized carbons (Fsp3) is 0.692. The summed E-state index contributed by atoms with van der Waals surface area (Å²) in [6.45, 7) is 5.40. The van der Waals surface area contributed by atoms with E-state index in [-0.39, 0.29) is 12.2 Å². The first-order valence-electron chi connectivity index (χ1n) is 6.40. The highest BCUT2D eigenvalue weighted by molar-refractivity contribution is 5.03. The van der Waals surface area contributed by atoms with Crippen LogP contribution in [0.4, 0.5) is 0 Å². The van der Waals surface area contributed by atoms with E-state index in [9.17, 15) is 0 Å². The summed E-state index contributed by atoms with van der Waals surface area (Å²) in [7, 11) is 1.73. The van der Waals surface area contributed by atoms with Gasteiger partial charge in [-0.05, 0) is 20.3 Å². The van der Waals surface area contributed by atoms with Gasteiger partial charge in [0, 0.05) is 38.7 Å². The van der Waals surface area contributed by atoms with Gasteiger partial charge in [0.2, 0.25) is 0 Å². The fourth-order valence-electron chi connectivity index (χ4n) is 2.22. The van der Waals surface area contributed by atoms with Crippen LogP contribution in [-0.4, -0.2) is 41.9 Å². The second kappa shape index (κ2) is 6.22. The molecular weight excluding hydrogens is 230 g/mol. The standard InChI is InChI=1S/C13H21N3O2/c1-4-18-12-5-11(13(12)17-3)16-8-10-7-14-9(2)6-15-10/h6-7,11-13,16H,4-5,8H2,1-3H3. The third-order valence-corrected chi connectivity index (χ3v) is 3.28. The number of rotatable bonds is 6. The Kier molecular flexibility index (Phi) is 4.63. The van der Waals surface area contributed by atoms with E-state index in [0.29, 0.717) is 6.04 Å². The average molecular weight is 251 g/mol. The van der Waals surface area contributed by atoms with E-state index in [4.69, 9.17) is 9.47 Å². The zero-order valence-corrected chi connectivity index (χ0v) is 11.2. The molecule has 1 aromatic heterocycles. The van der Waals surface area contributed by atoms with E-state index in [0.717, 1.165) is 31.0 Å². The zero-order chi connectivity index (χ0) is 13.0. The largest absolute Gasteiger partial charge is 0.377 e. The van der Waals surface area contributed by atoms with E-state index < -0.39 is 0 Å². The Morgan fingerprint density at radius 1 is 1.39 bits per heavy atom. The van der Waals surface area contributed by atoms with E-state index in [1.165, 1.54) is 0 Å². The molecule has 3 unspecified atom stereocenters. The molecule has 0 radical (unpaired) electrons. The SMILES string of the molecule is CCOC1CC(NCc2cnc(C)cn2)C1OC. The molecule has 1 heterocycles. The van der Waals surface area contributed by atoms with Crippen molar-refractivity contribution in [1.82, 2.24) is 15.3 Å². The molecule has 100 valence electrons. The molecule has 18 heavy (non-hydrogen) atoms. The maximum absolute atomic E-state index is 5.59. The van der Waals surface area contributed by atoms with Crippen molar-refractivity contribution in [2.75, 3.05) is 13.7 Å². The van der Waals surface area contributed by atoms with Gasteiger partial charge in [0.15, 0.2) is 0 Å². The Morgan fingerprint density at radius 3 is 2.83 bits per heavy atom. The van der Waals surface area contributed by atoms with Gasteiger partial charge in [0.25, 0.3) is 0 Å². The fourth-order valence-corrected chi connectivity index (χ4v) is 2.22. The van der Waals surface area contributed by atoms with Crippen molar-refractivity contribution < 1.29 is 9.47 Å². The minimum atomic E-state index is 0.142. The third-order valence-electron chi connectivity index (χ3n) is 3.28. The molecule has 5 heteroatoms. The maximum Gasteiger partial charge on any atom is 0.0986 e. The van der Waals surface area contributed by atoms with Gasteiger partial charge in [-0.25, -0.2) is 0 Å². The van der Waals surface area contributed by atoms with Gasteiger partial charge >= 0.3 is 0 Å². The molecule has 1 N–H and O–H groups in total. The monoisotopic (exact) mass is 251 g/mol. The van der Waals surface area contributed by atoms with Crippen molar-refractivity contribution in [2.45, 2.75) is 45.1 Å². The average Bonchev–Trinajstić information content (AvgIpc) is 2.35. The number of aryl methyl sites for hydroxylation is 1. The number of nitrogens with one attached hydrogen (secondary N) is 1. The first-order valence-corrected chi connectivity index (χ1v) is 6.40. The molecule has 1 aromatic rings. The molecule has 1 fully saturated rings. The highest BCUT2D eigenvalue weighted by Crippen LogP contribution is 2.27. The van der Waals surface area contributed by atoms with Crippen molar-refractivity contribution in [1.29, 1.82) is 0 Å². The lowest BCUT2D eigenvalue weighted by atomic mass is 9.85. The molecule has 0 bridgehead atoms. The minimum absolute atomic E-state index is 0.142. The first-order chi connectivity index (χ1) is 8.74. The predicted molar refractivity (Wildman–Crippen MR) is 68.2 cm³/mol. The molecule has 3 atom stereocenters. The van der Waals surface area contributed by atoms with Crippen LogP contribution in [0, 0.1) is 6.92 Å². The molecule has 1 saturated carbocycles. The number of aromatic nitrogens is 2. The van der Waals surface area contributed by atoms with Crippen LogP contribution in [0.1, 0.15) is 24.7 Å². The molecule has 0 spiro atoms. The molecular formula is C13H21N3O2. The van der Waals surface area contributed by atoms with Crippen LogP contribution in [-0.2, 0) is 16.0 Å². The van der Waals surface area contributed by atoms with Gasteiger partial charge in [0.1, 0.15) is 0 Å². The molecule has 0 amide bonds. The van der Waals surface area contributed by atoms with Gasteiger partial charge in [0.05, 0.1) is 23.6 Å². The van der Waals surface area contributed by atoms with Gasteiger partial charge in [-0.1, -0.05) is 0 Å². The van der Waals surface area contributed by atoms with Gasteiger partial charge in [-0.2, -0.15) is 0 Å². The number of hydrogen-bond acceptors (Lipinski definition) is 5. The maximum atomic E-state index is 5.59. The highest BCUT2D eigenvalue weighted by Gasteiger charge is 2.41. The summed E-state index contributed by atoms with van der Waals surface area (Å²) in [4.78, 5) is 8.54. The Bertz CT molecular complexity index is 369. The van der Waals surface area contributed by atoms with Crippen LogP contribution in [0.25, 0.3) is 0 Å². The second-order valence-corrected chi connectivity index (χ2v) is 4.57. The molecule has 5 nitrogen and oxygen atoms in total. The number of nitrogens with zero attached hydrogens (tertiary/aromatic N) is 2. The Balaban J connectivity index is 1.79. The van der Waals surface area contributed by atoms with Crippen molar-refractivity contribution >= 4 is 0 Å². The minimum Gasteiger partial charge on any atom is -0.377 e. The van der Waals surface area contributed by atoms with E-state index in [1.807, 2.05) is 20.0 Å². The van der Waals surface area contributed by atoms with Crippen LogP contribution in [0.15, 0.2) is 12.4 Å². The topological polar surface area (TPSA) is 56.3 Å². The summed E-state index contributed by atoms with van der Waals surface area (Å²) in [5.74, 6) is 0. The number of methoxy groups -OCH3 is 1. The van der Waals surface area contributed by atoms with E-state index >= 15 is 0 Å². The van der Waals surface area contributed by atoms with Crippen molar-refractivity contribution in [3.05, 3.63) is 23.8 Å². The van der Waals surface area contributed by atoms with Crippen LogP contribution >= 0.6 is 0 Å². The number of hydrogen-bond donors (Lipinski definition) is 1. The van der Waals surface area contributed by atoms with Gasteiger partial charge in [-0.15, -0.1) is 0 Å². The summed E-state index contributed by atoms with van der Waals surface area (Å²) in [5.41, 5.74) is 1.89. The Labute approximate surface area is 108 Å². The van der Waals surface area contributed by atoms with Crippen LogP contribution < -0.4 is 5.32 Å². The molecule has 1 aliphatic rings. The van der Waals surface area contributed by atoms with Crippen LogP contribution in [0.2, 0.25) is 0 Å². The summed E-state index contributed by atoms with van der Waals surface area (Å²) >= 11 is 0. The molecule has 0 aromatic carbocycles. The van der Waals surface area contributed by atoms with Crippen molar-refractivity contribution in [2.24, 2.45) is 0 Å². The molecule has 2 rings (SSSR count). The Hall–Kier alpha value is -1.04. The summed E-state index contributed by atoms with van der Waals surface area (Å²) in [5, 5.41) is 3.44. The summed E-state index contributed by atoms with van der Waals surface area (Å²) < 4.78 is 11.0. The lowest BCUT2D eigenvalue weighted by Gasteiger charge is -2.43. The van der Waals surface area contributed by atoms with Crippen molar-refractivity contribution in [3.8, 4) is 0 Å². The summed E-state index contributed by atoms with van der Waals surface area (Å²) in [6.07, 6.45) is 4.95. The third kappa shape index (κ3) is 3.04. The summed E-state index contributed by atoms with van der Waals surface area (Å²) in [6, 6.07) is 0.342. The van der Waals surface area contributed by atoms with Crippen molar-refractivity contribution in [3.63, 3.8) is 0 Å². The Morgan fingerprint density at radius 2 is 2.22 bits per heavy atom. The second-order valence-electron chi connectivity index (χ2n) is 4.57. The van der Waals surface area contributed by atoms with Gasteiger partial charge < -0.3 is 14.8 Å². The first kappa shape index (κ1) is 13.4. The smallest absolute Gasteiger partial charge is 0.0986 e. The van der Waals surface area contributed by atoms with E-state index in [1.54, 1.807) is 13.3 Å². The lowest BCUT2D eigenvalue weighted by molar-refractivity contribution is -0.131. The number of ether oxygens (including phenoxy) is 2. The normalized spacial score (nSPS) is 26.9.